The molecule has 0 unspecified atom stereocenters. The molecule has 0 radical (unpaired) electrons. The Labute approximate surface area is 216 Å². The molecule has 0 aliphatic heterocycles. The number of ether oxygens (including phenoxy) is 2. The number of nitrogen functional groups attached to an aromatic ring is 1. The van der Waals surface area contributed by atoms with Crippen molar-refractivity contribution in [2.75, 3.05) is 13.0 Å². The lowest BCUT2D eigenvalue weighted by atomic mass is 10.1. The maximum Gasteiger partial charge on any atom is 0.353 e. The molecule has 0 spiro atoms. The van der Waals surface area contributed by atoms with Gasteiger partial charge in [-0.1, -0.05) is 36.8 Å². The molecule has 1 heterocycles. The summed E-state index contributed by atoms with van der Waals surface area (Å²) in [7, 11) is 1.25. The number of rotatable bonds is 8. The highest BCUT2D eigenvalue weighted by molar-refractivity contribution is 9.10. The van der Waals surface area contributed by atoms with Crippen LogP contribution < -0.4 is 27.6 Å². The maximum atomic E-state index is 13.5. The number of halogens is 1. The van der Waals surface area contributed by atoms with Crippen LogP contribution in [0.3, 0.4) is 0 Å². The van der Waals surface area contributed by atoms with Crippen LogP contribution in [0.2, 0.25) is 0 Å². The van der Waals surface area contributed by atoms with E-state index in [4.69, 9.17) is 15.3 Å². The fourth-order valence-electron chi connectivity index (χ4n) is 3.52. The van der Waals surface area contributed by atoms with E-state index in [2.05, 4.69) is 20.9 Å². The fraction of sp³-hybridized carbons (Fsp3) is 0.360. The fourth-order valence-corrected chi connectivity index (χ4v) is 3.98. The third-order valence-corrected chi connectivity index (χ3v) is 6.00. The summed E-state index contributed by atoms with van der Waals surface area (Å²) in [5, 5.41) is 0. The molecule has 36 heavy (non-hydrogen) atoms. The van der Waals surface area contributed by atoms with Crippen LogP contribution in [0.1, 0.15) is 31.9 Å². The summed E-state index contributed by atoms with van der Waals surface area (Å²) in [5.41, 5.74) is 0.845. The number of aryl methyl sites for hydroxylation is 1. The van der Waals surface area contributed by atoms with E-state index in [0.29, 0.717) is 15.9 Å². The van der Waals surface area contributed by atoms with Crippen molar-refractivity contribution in [1.82, 2.24) is 13.8 Å². The molecule has 3 rings (SSSR count). The number of aromatic nitrogens is 3. The average Bonchev–Trinajstić information content (AvgIpc) is 2.84. The topological polar surface area (TPSA) is 123 Å². The first kappa shape index (κ1) is 27.0. The van der Waals surface area contributed by atoms with Gasteiger partial charge >= 0.3 is 17.3 Å². The number of carbonyl (C=O) groups excluding carboxylic acids is 1. The van der Waals surface area contributed by atoms with Crippen LogP contribution in [0.25, 0.3) is 0 Å². The maximum absolute atomic E-state index is 13.5. The highest BCUT2D eigenvalue weighted by atomic mass is 79.9. The minimum Gasteiger partial charge on any atom is -0.490 e. The molecule has 0 fully saturated rings. The normalized spacial score (nSPS) is 12.6. The van der Waals surface area contributed by atoms with Gasteiger partial charge in [0.15, 0.2) is 0 Å². The SMILES string of the molecule is COC(=O)[C@@H](C)Cn1c(=O)n(N)c(=Nc2ccc(OC(C)C)c(Br)c2)n(Cc2ccc(C)cc2)c1=O. The Bertz CT molecular complexity index is 1440. The van der Waals surface area contributed by atoms with E-state index in [1.165, 1.54) is 11.7 Å². The van der Waals surface area contributed by atoms with E-state index >= 15 is 0 Å². The number of carbonyl (C=O) groups is 1. The molecule has 192 valence electrons. The molecule has 1 aromatic heterocycles. The number of benzene rings is 2. The Morgan fingerprint density at radius 1 is 1.06 bits per heavy atom. The summed E-state index contributed by atoms with van der Waals surface area (Å²) in [6, 6.07) is 12.8. The molecule has 0 saturated heterocycles. The quantitative estimate of drug-likeness (QED) is 0.334. The zero-order valence-electron chi connectivity index (χ0n) is 20.9. The number of methoxy groups -OCH3 is 1. The van der Waals surface area contributed by atoms with Crippen molar-refractivity contribution in [2.45, 2.75) is 46.9 Å². The number of nitrogens with zero attached hydrogens (tertiary/aromatic N) is 4. The lowest BCUT2D eigenvalue weighted by molar-refractivity contribution is -0.145. The molecule has 2 N–H and O–H groups in total. The predicted octanol–water partition coefficient (Wildman–Crippen LogP) is 2.47. The Morgan fingerprint density at radius 2 is 1.72 bits per heavy atom. The number of nitrogens with two attached hydrogens (primary N) is 1. The van der Waals surface area contributed by atoms with Gasteiger partial charge in [-0.2, -0.15) is 4.68 Å². The van der Waals surface area contributed by atoms with Crippen LogP contribution in [0.5, 0.6) is 5.75 Å². The smallest absolute Gasteiger partial charge is 0.353 e. The van der Waals surface area contributed by atoms with Crippen molar-refractivity contribution in [2.24, 2.45) is 10.9 Å². The third kappa shape index (κ3) is 6.14. The predicted molar refractivity (Wildman–Crippen MR) is 140 cm³/mol. The molecule has 0 aliphatic rings. The molecular formula is C25H30BrN5O5. The molecule has 0 bridgehead atoms. The van der Waals surface area contributed by atoms with E-state index in [1.807, 2.05) is 45.0 Å². The first-order valence-electron chi connectivity index (χ1n) is 11.4. The van der Waals surface area contributed by atoms with Gasteiger partial charge in [-0.05, 0) is 60.5 Å². The van der Waals surface area contributed by atoms with Crippen molar-refractivity contribution in [3.8, 4) is 5.75 Å². The second-order valence-electron chi connectivity index (χ2n) is 8.73. The Hall–Kier alpha value is -3.60. The average molecular weight is 560 g/mol. The Kier molecular flexibility index (Phi) is 8.57. The molecule has 3 aromatic rings. The summed E-state index contributed by atoms with van der Waals surface area (Å²) in [5.74, 6) is 5.53. The van der Waals surface area contributed by atoms with Gasteiger partial charge in [0, 0.05) is 6.54 Å². The summed E-state index contributed by atoms with van der Waals surface area (Å²) < 4.78 is 14.2. The number of hydrogen-bond acceptors (Lipinski definition) is 7. The van der Waals surface area contributed by atoms with E-state index in [0.717, 1.165) is 20.4 Å². The molecule has 11 heteroatoms. The Morgan fingerprint density at radius 3 is 2.31 bits per heavy atom. The summed E-state index contributed by atoms with van der Waals surface area (Å²) in [4.78, 5) is 43.1. The second kappa shape index (κ2) is 11.4. The first-order valence-corrected chi connectivity index (χ1v) is 12.2. The van der Waals surface area contributed by atoms with Gasteiger partial charge in [-0.25, -0.2) is 19.1 Å². The van der Waals surface area contributed by atoms with Crippen molar-refractivity contribution in [3.63, 3.8) is 0 Å². The van der Waals surface area contributed by atoms with Gasteiger partial charge in [0.2, 0.25) is 5.62 Å². The van der Waals surface area contributed by atoms with Crippen LogP contribution in [-0.2, 0) is 22.6 Å². The molecular weight excluding hydrogens is 530 g/mol. The van der Waals surface area contributed by atoms with Gasteiger partial charge in [-0.3, -0.25) is 9.36 Å². The lowest BCUT2D eigenvalue weighted by Crippen LogP contribution is -2.58. The summed E-state index contributed by atoms with van der Waals surface area (Å²) in [6.45, 7) is 7.28. The van der Waals surface area contributed by atoms with E-state index in [1.54, 1.807) is 25.1 Å². The van der Waals surface area contributed by atoms with Gasteiger partial charge < -0.3 is 15.3 Å². The molecule has 0 amide bonds. The van der Waals surface area contributed by atoms with Crippen molar-refractivity contribution in [1.29, 1.82) is 0 Å². The minimum absolute atomic E-state index is 0.0186. The van der Waals surface area contributed by atoms with Crippen LogP contribution in [0.15, 0.2) is 61.5 Å². The number of hydrogen-bond donors (Lipinski definition) is 1. The van der Waals surface area contributed by atoms with Crippen LogP contribution in [0.4, 0.5) is 5.69 Å². The third-order valence-electron chi connectivity index (χ3n) is 5.38. The largest absolute Gasteiger partial charge is 0.490 e. The standard InChI is InChI=1S/C25H30BrN5O5/c1-15(2)36-21-11-10-19(12-20(21)26)28-23-29(14-18-8-6-16(3)7-9-18)24(33)30(25(34)31(23)27)13-17(4)22(32)35-5/h6-12,15,17H,13-14,27H2,1-5H3/t17-/m0/s1. The molecule has 0 saturated carbocycles. The highest BCUT2D eigenvalue weighted by Crippen LogP contribution is 2.29. The van der Waals surface area contributed by atoms with E-state index < -0.39 is 23.3 Å². The van der Waals surface area contributed by atoms with Gasteiger partial charge in [0.05, 0.1) is 35.8 Å². The van der Waals surface area contributed by atoms with Crippen molar-refractivity contribution in [3.05, 3.63) is 84.7 Å². The van der Waals surface area contributed by atoms with Crippen molar-refractivity contribution >= 4 is 27.6 Å². The van der Waals surface area contributed by atoms with Gasteiger partial charge in [-0.15, -0.1) is 0 Å². The zero-order chi connectivity index (χ0) is 26.6. The first-order chi connectivity index (χ1) is 17.0. The van der Waals surface area contributed by atoms with Gasteiger partial charge in [0.25, 0.3) is 0 Å². The zero-order valence-corrected chi connectivity index (χ0v) is 22.5. The monoisotopic (exact) mass is 559 g/mol. The van der Waals surface area contributed by atoms with Gasteiger partial charge in [0.1, 0.15) is 5.75 Å². The molecule has 2 aromatic carbocycles. The van der Waals surface area contributed by atoms with Crippen molar-refractivity contribution < 1.29 is 14.3 Å². The van der Waals surface area contributed by atoms with Crippen LogP contribution in [0, 0.1) is 12.8 Å². The van der Waals surface area contributed by atoms with Crippen LogP contribution in [-0.4, -0.2) is 33.0 Å². The second-order valence-corrected chi connectivity index (χ2v) is 9.59. The van der Waals surface area contributed by atoms with E-state index in [-0.39, 0.29) is 24.8 Å². The highest BCUT2D eigenvalue weighted by Gasteiger charge is 2.20. The molecule has 1 atom stereocenters. The molecule has 10 nitrogen and oxygen atoms in total. The number of esters is 1. The van der Waals surface area contributed by atoms with E-state index in [9.17, 15) is 14.4 Å². The minimum atomic E-state index is -0.798. The molecule has 0 aliphatic carbocycles. The Balaban J connectivity index is 2.22. The van der Waals surface area contributed by atoms with Crippen LogP contribution >= 0.6 is 15.9 Å². The summed E-state index contributed by atoms with van der Waals surface area (Å²) in [6.07, 6.45) is -0.0186. The summed E-state index contributed by atoms with van der Waals surface area (Å²) >= 11 is 3.47. The lowest BCUT2D eigenvalue weighted by Gasteiger charge is -2.16.